The summed E-state index contributed by atoms with van der Waals surface area (Å²) in [5, 5.41) is 3.14. The second-order valence-electron chi connectivity index (χ2n) is 8.06. The Labute approximate surface area is 163 Å². The van der Waals surface area contributed by atoms with Gasteiger partial charge in [0.1, 0.15) is 0 Å². The lowest BCUT2D eigenvalue weighted by Crippen LogP contribution is -2.54. The number of carbonyl (C=O) groups is 1. The first-order chi connectivity index (χ1) is 12.8. The summed E-state index contributed by atoms with van der Waals surface area (Å²) in [6, 6.07) is 5.43. The van der Waals surface area contributed by atoms with E-state index >= 15 is 0 Å². The number of rotatable bonds is 3. The number of piperazine rings is 1. The van der Waals surface area contributed by atoms with Gasteiger partial charge in [-0.2, -0.15) is 4.31 Å². The molecule has 0 spiro atoms. The Morgan fingerprint density at radius 2 is 1.78 bits per heavy atom. The van der Waals surface area contributed by atoms with Gasteiger partial charge in [0.25, 0.3) is 0 Å². The second kappa shape index (κ2) is 8.19. The van der Waals surface area contributed by atoms with Gasteiger partial charge in [0.05, 0.1) is 4.90 Å². The molecular weight excluding hydrogens is 362 g/mol. The zero-order chi connectivity index (χ0) is 19.6. The molecule has 2 unspecified atom stereocenters. The highest BCUT2D eigenvalue weighted by atomic mass is 32.2. The van der Waals surface area contributed by atoms with E-state index < -0.39 is 10.0 Å². The van der Waals surface area contributed by atoms with Crippen LogP contribution in [0.5, 0.6) is 0 Å². The molecule has 2 amide bonds. The quantitative estimate of drug-likeness (QED) is 0.858. The molecule has 1 saturated heterocycles. The maximum absolute atomic E-state index is 12.9. The summed E-state index contributed by atoms with van der Waals surface area (Å²) in [7, 11) is -3.51. The molecule has 1 aliphatic carbocycles. The third-order valence-corrected chi connectivity index (χ3v) is 7.80. The Balaban J connectivity index is 1.57. The average Bonchev–Trinajstić information content (AvgIpc) is 2.64. The molecule has 150 valence electrons. The van der Waals surface area contributed by atoms with Crippen molar-refractivity contribution in [2.45, 2.75) is 57.4 Å². The van der Waals surface area contributed by atoms with Gasteiger partial charge in [-0.3, -0.25) is 0 Å². The smallest absolute Gasteiger partial charge is 0.317 e. The van der Waals surface area contributed by atoms with E-state index in [0.29, 0.717) is 37.0 Å². The van der Waals surface area contributed by atoms with Gasteiger partial charge in [0.2, 0.25) is 10.0 Å². The normalized spacial score (nSPS) is 24.6. The second-order valence-corrected chi connectivity index (χ2v) is 9.99. The molecule has 2 fully saturated rings. The van der Waals surface area contributed by atoms with E-state index in [2.05, 4.69) is 12.2 Å². The molecule has 27 heavy (non-hydrogen) atoms. The molecule has 0 bridgehead atoms. The molecule has 1 aliphatic heterocycles. The van der Waals surface area contributed by atoms with Crippen molar-refractivity contribution in [3.05, 3.63) is 29.3 Å². The third kappa shape index (κ3) is 4.63. The largest absolute Gasteiger partial charge is 0.335 e. The first-order valence-electron chi connectivity index (χ1n) is 9.90. The number of amides is 2. The Bertz CT molecular complexity index is 786. The first-order valence-corrected chi connectivity index (χ1v) is 11.3. The van der Waals surface area contributed by atoms with Gasteiger partial charge >= 0.3 is 6.03 Å². The zero-order valence-electron chi connectivity index (χ0n) is 16.6. The predicted octanol–water partition coefficient (Wildman–Crippen LogP) is 2.90. The number of sulfonamides is 1. The monoisotopic (exact) mass is 393 g/mol. The van der Waals surface area contributed by atoms with Crippen LogP contribution in [0.2, 0.25) is 0 Å². The number of aryl methyl sites for hydroxylation is 2. The number of urea groups is 1. The zero-order valence-corrected chi connectivity index (χ0v) is 17.4. The van der Waals surface area contributed by atoms with E-state index in [-0.39, 0.29) is 12.1 Å². The van der Waals surface area contributed by atoms with E-state index in [4.69, 9.17) is 0 Å². The van der Waals surface area contributed by atoms with Crippen LogP contribution in [0.1, 0.15) is 43.7 Å². The van der Waals surface area contributed by atoms with Crippen LogP contribution in [0.3, 0.4) is 0 Å². The summed E-state index contributed by atoms with van der Waals surface area (Å²) in [6.07, 6.45) is 4.47. The fraction of sp³-hybridized carbons (Fsp3) is 0.650. The van der Waals surface area contributed by atoms with Gasteiger partial charge in [-0.15, -0.1) is 0 Å². The molecule has 3 rings (SSSR count). The Hall–Kier alpha value is -1.60. The number of benzene rings is 1. The summed E-state index contributed by atoms with van der Waals surface area (Å²) in [5.74, 6) is 0.656. The summed E-state index contributed by atoms with van der Waals surface area (Å²) in [5.41, 5.74) is 2.04. The highest BCUT2D eigenvalue weighted by Crippen LogP contribution is 2.24. The van der Waals surface area contributed by atoms with Gasteiger partial charge in [0.15, 0.2) is 0 Å². The molecule has 1 N–H and O–H groups in total. The maximum Gasteiger partial charge on any atom is 0.317 e. The Kier molecular flexibility index (Phi) is 6.11. The average molecular weight is 394 g/mol. The van der Waals surface area contributed by atoms with E-state index in [1.165, 1.54) is 10.7 Å². The predicted molar refractivity (Wildman–Crippen MR) is 106 cm³/mol. The van der Waals surface area contributed by atoms with Crippen LogP contribution < -0.4 is 5.32 Å². The summed E-state index contributed by atoms with van der Waals surface area (Å²) in [6.45, 7) is 7.65. The van der Waals surface area contributed by atoms with Crippen LogP contribution in [0.15, 0.2) is 23.1 Å². The van der Waals surface area contributed by atoms with Crippen molar-refractivity contribution in [1.29, 1.82) is 0 Å². The molecule has 1 aromatic carbocycles. The van der Waals surface area contributed by atoms with Gasteiger partial charge in [-0.05, 0) is 55.9 Å². The summed E-state index contributed by atoms with van der Waals surface area (Å²) in [4.78, 5) is 14.6. The van der Waals surface area contributed by atoms with Crippen LogP contribution in [0.4, 0.5) is 4.79 Å². The molecule has 0 aromatic heterocycles. The van der Waals surface area contributed by atoms with Crippen molar-refractivity contribution in [3.63, 3.8) is 0 Å². The van der Waals surface area contributed by atoms with E-state index in [1.54, 1.807) is 17.0 Å². The van der Waals surface area contributed by atoms with Gasteiger partial charge in [-0.1, -0.05) is 25.8 Å². The fourth-order valence-corrected chi connectivity index (χ4v) is 5.49. The molecule has 1 saturated carbocycles. The van der Waals surface area contributed by atoms with Crippen molar-refractivity contribution >= 4 is 16.1 Å². The number of hydrogen-bond acceptors (Lipinski definition) is 3. The lowest BCUT2D eigenvalue weighted by atomic mass is 9.87. The number of nitrogens with one attached hydrogen (secondary N) is 1. The molecule has 1 aromatic rings. The number of hydrogen-bond donors (Lipinski definition) is 1. The first kappa shape index (κ1) is 20.1. The minimum absolute atomic E-state index is 0.0580. The van der Waals surface area contributed by atoms with Crippen LogP contribution >= 0.6 is 0 Å². The lowest BCUT2D eigenvalue weighted by Gasteiger charge is -2.36. The van der Waals surface area contributed by atoms with Crippen molar-refractivity contribution < 1.29 is 13.2 Å². The summed E-state index contributed by atoms with van der Waals surface area (Å²) < 4.78 is 27.3. The Morgan fingerprint density at radius 3 is 2.41 bits per heavy atom. The van der Waals surface area contributed by atoms with Gasteiger partial charge < -0.3 is 10.2 Å². The number of nitrogens with zero attached hydrogens (tertiary/aromatic N) is 2. The molecular formula is C20H31N3O3S. The molecule has 2 atom stereocenters. The highest BCUT2D eigenvalue weighted by molar-refractivity contribution is 7.89. The maximum atomic E-state index is 12.9. The minimum Gasteiger partial charge on any atom is -0.335 e. The van der Waals surface area contributed by atoms with Crippen molar-refractivity contribution in [3.8, 4) is 0 Å². The molecule has 0 radical (unpaired) electrons. The molecule has 6 nitrogen and oxygen atoms in total. The molecule has 2 aliphatic rings. The van der Waals surface area contributed by atoms with Crippen molar-refractivity contribution in [1.82, 2.24) is 14.5 Å². The standard InChI is InChI=1S/C20H31N3O3S/c1-15-5-4-6-18(13-15)21-20(24)22-9-11-23(12-10-22)27(25,26)19-8-7-16(2)17(3)14-19/h7-8,14-15,18H,4-6,9-13H2,1-3H3,(H,21,24). The highest BCUT2D eigenvalue weighted by Gasteiger charge is 2.31. The number of carbonyl (C=O) groups excluding carboxylic acids is 1. The van der Waals surface area contributed by atoms with Crippen LogP contribution in [-0.4, -0.2) is 55.9 Å². The van der Waals surface area contributed by atoms with E-state index in [0.717, 1.165) is 30.4 Å². The lowest BCUT2D eigenvalue weighted by molar-refractivity contribution is 0.164. The summed E-state index contributed by atoms with van der Waals surface area (Å²) >= 11 is 0. The molecule has 7 heteroatoms. The SMILES string of the molecule is Cc1ccc(S(=O)(=O)N2CCN(C(=O)NC3CCCC(C)C3)CC2)cc1C. The van der Waals surface area contributed by atoms with Crippen LogP contribution in [0, 0.1) is 19.8 Å². The van der Waals surface area contributed by atoms with E-state index in [9.17, 15) is 13.2 Å². The Morgan fingerprint density at radius 1 is 1.07 bits per heavy atom. The van der Waals surface area contributed by atoms with Crippen LogP contribution in [0.25, 0.3) is 0 Å². The van der Waals surface area contributed by atoms with Gasteiger partial charge in [-0.25, -0.2) is 13.2 Å². The topological polar surface area (TPSA) is 69.7 Å². The van der Waals surface area contributed by atoms with Crippen molar-refractivity contribution in [2.75, 3.05) is 26.2 Å². The molecule has 1 heterocycles. The van der Waals surface area contributed by atoms with Crippen LogP contribution in [-0.2, 0) is 10.0 Å². The van der Waals surface area contributed by atoms with Crippen molar-refractivity contribution in [2.24, 2.45) is 5.92 Å². The minimum atomic E-state index is -3.51. The fourth-order valence-electron chi connectivity index (χ4n) is 3.99. The van der Waals surface area contributed by atoms with Gasteiger partial charge in [0, 0.05) is 32.2 Å². The van der Waals surface area contributed by atoms with E-state index in [1.807, 2.05) is 19.9 Å². The third-order valence-electron chi connectivity index (χ3n) is 5.91.